The lowest BCUT2D eigenvalue weighted by atomic mass is 10.2. The Hall–Kier alpha value is -1.65. The van der Waals surface area contributed by atoms with E-state index in [1.807, 2.05) is 6.92 Å². The van der Waals surface area contributed by atoms with E-state index in [1.54, 1.807) is 0 Å². The lowest BCUT2D eigenvalue weighted by Gasteiger charge is -2.04. The van der Waals surface area contributed by atoms with Gasteiger partial charge in [-0.05, 0) is 11.4 Å². The molecule has 0 aliphatic heterocycles. The number of rotatable bonds is 4. The summed E-state index contributed by atoms with van der Waals surface area (Å²) in [5, 5.41) is 19.8. The zero-order valence-electron chi connectivity index (χ0n) is 7.93. The van der Waals surface area contributed by atoms with Crippen molar-refractivity contribution in [3.63, 3.8) is 0 Å². The molecule has 0 amide bonds. The first-order valence-corrected chi connectivity index (χ1v) is 4.47. The van der Waals surface area contributed by atoms with Gasteiger partial charge in [0.2, 0.25) is 0 Å². The maximum Gasteiger partial charge on any atom is 0.380 e. The van der Waals surface area contributed by atoms with Crippen molar-refractivity contribution in [3.8, 4) is 0 Å². The van der Waals surface area contributed by atoms with E-state index in [9.17, 15) is 10.0 Å². The normalized spacial score (nSPS) is 10.1. The summed E-state index contributed by atoms with van der Waals surface area (Å²) in [5.41, 5.74) is -0.0804. The molecule has 76 valence electrons. The Morgan fingerprint density at radius 3 is 3.00 bits per heavy atom. The third-order valence-corrected chi connectivity index (χ3v) is 1.84. The summed E-state index contributed by atoms with van der Waals surface area (Å²) in [7, 11) is 0. The van der Waals surface area contributed by atoms with E-state index < -0.39 is 5.97 Å². The molecule has 1 rings (SSSR count). The van der Waals surface area contributed by atoms with Crippen molar-refractivity contribution in [1.82, 2.24) is 4.98 Å². The average molecular weight is 196 g/mol. The molecule has 5 heteroatoms. The van der Waals surface area contributed by atoms with Crippen molar-refractivity contribution >= 4 is 5.97 Å². The third-order valence-electron chi connectivity index (χ3n) is 1.84. The van der Waals surface area contributed by atoms with Gasteiger partial charge >= 0.3 is 11.8 Å². The molecule has 0 saturated heterocycles. The molecule has 0 aliphatic carbocycles. The van der Waals surface area contributed by atoms with E-state index >= 15 is 0 Å². The summed E-state index contributed by atoms with van der Waals surface area (Å²) in [4.78, 5) is 14.3. The van der Waals surface area contributed by atoms with Gasteiger partial charge in [-0.2, -0.15) is 0 Å². The molecule has 0 atom stereocenters. The van der Waals surface area contributed by atoms with Crippen molar-refractivity contribution in [2.75, 3.05) is 0 Å². The molecule has 14 heavy (non-hydrogen) atoms. The Morgan fingerprint density at radius 2 is 2.43 bits per heavy atom. The van der Waals surface area contributed by atoms with Gasteiger partial charge in [0.25, 0.3) is 5.69 Å². The molecule has 0 unspecified atom stereocenters. The van der Waals surface area contributed by atoms with Crippen LogP contribution in [-0.2, 0) is 6.42 Å². The van der Waals surface area contributed by atoms with Crippen LogP contribution >= 0.6 is 0 Å². The van der Waals surface area contributed by atoms with Crippen molar-refractivity contribution in [2.24, 2.45) is 0 Å². The maximum absolute atomic E-state index is 11.2. The van der Waals surface area contributed by atoms with Gasteiger partial charge in [0.15, 0.2) is 0 Å². The predicted molar refractivity (Wildman–Crippen MR) is 48.8 cm³/mol. The predicted octanol–water partition coefficient (Wildman–Crippen LogP) is 0.756. The number of hydrogen-bond donors (Lipinski definition) is 1. The summed E-state index contributed by atoms with van der Waals surface area (Å²) >= 11 is 0. The zero-order chi connectivity index (χ0) is 10.6. The zero-order valence-corrected chi connectivity index (χ0v) is 7.93. The van der Waals surface area contributed by atoms with E-state index in [2.05, 4.69) is 4.98 Å². The summed E-state index contributed by atoms with van der Waals surface area (Å²) < 4.78 is 0.613. The molecule has 1 aromatic heterocycles. The topological polar surface area (TPSA) is 77.1 Å². The first-order chi connectivity index (χ1) is 6.65. The van der Waals surface area contributed by atoms with Crippen molar-refractivity contribution in [2.45, 2.75) is 26.2 Å². The van der Waals surface area contributed by atoms with Gasteiger partial charge in [0.1, 0.15) is 0 Å². The highest BCUT2D eigenvalue weighted by Gasteiger charge is 2.15. The molecule has 0 fully saturated rings. The fourth-order valence-electron chi connectivity index (χ4n) is 1.07. The van der Waals surface area contributed by atoms with Crippen molar-refractivity contribution in [1.29, 1.82) is 0 Å². The van der Waals surface area contributed by atoms with Crippen LogP contribution in [-0.4, -0.2) is 16.1 Å². The molecule has 0 aromatic carbocycles. The van der Waals surface area contributed by atoms with Crippen LogP contribution in [0.3, 0.4) is 0 Å². The van der Waals surface area contributed by atoms with Crippen LogP contribution in [0.2, 0.25) is 0 Å². The Labute approximate surface area is 81.6 Å². The fourth-order valence-corrected chi connectivity index (χ4v) is 1.07. The highest BCUT2D eigenvalue weighted by atomic mass is 16.5. The Balaban J connectivity index is 2.90. The minimum absolute atomic E-state index is 0.0804. The van der Waals surface area contributed by atoms with Gasteiger partial charge in [-0.1, -0.05) is 13.3 Å². The quantitative estimate of drug-likeness (QED) is 0.569. The van der Waals surface area contributed by atoms with Gasteiger partial charge in [0.05, 0.1) is 12.6 Å². The molecule has 0 bridgehead atoms. The van der Waals surface area contributed by atoms with Crippen LogP contribution in [0.15, 0.2) is 12.3 Å². The maximum atomic E-state index is 11.2. The van der Waals surface area contributed by atoms with Gasteiger partial charge in [-0.3, -0.25) is 0 Å². The highest BCUT2D eigenvalue weighted by Crippen LogP contribution is 1.99. The number of aryl methyl sites for hydroxylation is 1. The second-order valence-corrected chi connectivity index (χ2v) is 2.96. The van der Waals surface area contributed by atoms with E-state index in [-0.39, 0.29) is 11.5 Å². The molecule has 0 spiro atoms. The molecular formula is C9H12N2O3. The van der Waals surface area contributed by atoms with Gasteiger partial charge in [-0.25, -0.2) is 9.52 Å². The molecule has 0 saturated carbocycles. The smallest absolute Gasteiger partial charge is 0.380 e. The van der Waals surface area contributed by atoms with E-state index in [1.165, 1.54) is 12.3 Å². The van der Waals surface area contributed by atoms with Crippen LogP contribution in [0.1, 0.15) is 36.1 Å². The number of hydrogen-bond acceptors (Lipinski definition) is 3. The summed E-state index contributed by atoms with van der Waals surface area (Å²) in [5.74, 6) is -0.838. The summed E-state index contributed by atoms with van der Waals surface area (Å²) in [6.45, 7) is 2.00. The lowest BCUT2D eigenvalue weighted by molar-refractivity contribution is -0.617. The molecular weight excluding hydrogens is 184 g/mol. The number of aromatic carboxylic acids is 1. The number of carboxylic acids is 1. The summed E-state index contributed by atoms with van der Waals surface area (Å²) in [6, 6.07) is 1.20. The highest BCUT2D eigenvalue weighted by molar-refractivity contribution is 5.84. The first kappa shape index (κ1) is 10.4. The number of unbranched alkanes of at least 4 members (excludes halogenated alkanes) is 1. The molecule has 1 heterocycles. The summed E-state index contributed by atoms with van der Waals surface area (Å²) in [6.07, 6.45) is 3.47. The van der Waals surface area contributed by atoms with Crippen molar-refractivity contribution < 1.29 is 14.6 Å². The van der Waals surface area contributed by atoms with Crippen LogP contribution in [0.4, 0.5) is 0 Å². The van der Waals surface area contributed by atoms with E-state index in [0.29, 0.717) is 11.2 Å². The van der Waals surface area contributed by atoms with E-state index in [4.69, 9.17) is 5.11 Å². The van der Waals surface area contributed by atoms with Gasteiger partial charge in [-0.15, -0.1) is 0 Å². The number of nitrogens with zero attached hydrogens (tertiary/aromatic N) is 2. The molecule has 1 N–H and O–H groups in total. The average Bonchev–Trinajstić information content (AvgIpc) is 2.16. The third kappa shape index (κ3) is 2.42. The van der Waals surface area contributed by atoms with Crippen LogP contribution in [0, 0.1) is 5.21 Å². The van der Waals surface area contributed by atoms with Gasteiger partial charge < -0.3 is 10.3 Å². The number of carbonyl (C=O) groups is 1. The fraction of sp³-hybridized carbons (Fsp3) is 0.444. The minimum atomic E-state index is -1.11. The lowest BCUT2D eigenvalue weighted by Crippen LogP contribution is -2.33. The van der Waals surface area contributed by atoms with Crippen LogP contribution in [0.25, 0.3) is 0 Å². The number of aromatic nitrogens is 2. The standard InChI is InChI=1S/C9H12N2O3/c1-2-3-4-8-10-7(9(12)13)5-6-11(8)14/h5-6H,2-4H2,1H3,(H,12,13). The second kappa shape index (κ2) is 4.55. The molecule has 5 nitrogen and oxygen atoms in total. The molecule has 0 aliphatic rings. The van der Waals surface area contributed by atoms with Crippen LogP contribution in [0.5, 0.6) is 0 Å². The SMILES string of the molecule is CCCCc1nc(C(=O)O)cc[n+]1[O-]. The largest absolute Gasteiger partial charge is 0.711 e. The monoisotopic (exact) mass is 196 g/mol. The Bertz CT molecular complexity index is 339. The van der Waals surface area contributed by atoms with Gasteiger partial charge in [0, 0.05) is 6.07 Å². The van der Waals surface area contributed by atoms with Crippen molar-refractivity contribution in [3.05, 3.63) is 29.0 Å². The Kier molecular flexibility index (Phi) is 3.39. The van der Waals surface area contributed by atoms with Crippen LogP contribution < -0.4 is 4.73 Å². The van der Waals surface area contributed by atoms with E-state index in [0.717, 1.165) is 12.8 Å². The second-order valence-electron chi connectivity index (χ2n) is 2.96. The number of carboxylic acid groups (broad SMARTS) is 1. The molecule has 0 radical (unpaired) electrons. The minimum Gasteiger partial charge on any atom is -0.711 e. The first-order valence-electron chi connectivity index (χ1n) is 4.47. The Morgan fingerprint density at radius 1 is 1.71 bits per heavy atom. The molecule has 1 aromatic rings.